The maximum atomic E-state index is 5.99. The zero-order valence-electron chi connectivity index (χ0n) is 9.83. The van der Waals surface area contributed by atoms with E-state index in [1.807, 2.05) is 4.57 Å². The molecule has 0 saturated heterocycles. The normalized spacial score (nSPS) is 11.3. The fraction of sp³-hybridized carbons (Fsp3) is 0.818. The minimum absolute atomic E-state index is 0.385. The zero-order valence-corrected chi connectivity index (χ0v) is 10.6. The molecule has 0 amide bonds. The molecule has 4 heteroatoms. The van der Waals surface area contributed by atoms with Crippen molar-refractivity contribution in [2.75, 3.05) is 0 Å². The van der Waals surface area contributed by atoms with Crippen LogP contribution in [0.5, 0.6) is 0 Å². The third kappa shape index (κ3) is 3.49. The summed E-state index contributed by atoms with van der Waals surface area (Å²) in [4.78, 5) is 0. The molecule has 0 aromatic carbocycles. The van der Waals surface area contributed by atoms with Crippen molar-refractivity contribution in [1.29, 1.82) is 0 Å². The van der Waals surface area contributed by atoms with Crippen molar-refractivity contribution in [3.8, 4) is 0 Å². The summed E-state index contributed by atoms with van der Waals surface area (Å²) in [5.41, 5.74) is 0. The van der Waals surface area contributed by atoms with Gasteiger partial charge in [0.2, 0.25) is 5.28 Å². The number of nitrogens with zero attached hydrogens (tertiary/aromatic N) is 3. The van der Waals surface area contributed by atoms with Crippen molar-refractivity contribution in [2.24, 2.45) is 0 Å². The van der Waals surface area contributed by atoms with Crippen molar-refractivity contribution >= 4 is 11.6 Å². The highest BCUT2D eigenvalue weighted by Crippen LogP contribution is 2.17. The molecule has 0 aliphatic rings. The first-order chi connectivity index (χ1) is 7.16. The molecule has 1 rings (SSSR count). The van der Waals surface area contributed by atoms with Gasteiger partial charge in [0.05, 0.1) is 0 Å². The van der Waals surface area contributed by atoms with Crippen molar-refractivity contribution in [1.82, 2.24) is 14.8 Å². The van der Waals surface area contributed by atoms with Crippen molar-refractivity contribution in [3.63, 3.8) is 0 Å². The average Bonchev–Trinajstić information content (AvgIpc) is 2.55. The second-order valence-corrected chi connectivity index (χ2v) is 4.53. The highest BCUT2D eigenvalue weighted by atomic mass is 35.5. The Labute approximate surface area is 96.8 Å². The maximum Gasteiger partial charge on any atom is 0.225 e. The molecule has 0 aliphatic carbocycles. The van der Waals surface area contributed by atoms with Crippen LogP contribution in [0.15, 0.2) is 0 Å². The Morgan fingerprint density at radius 1 is 1.20 bits per heavy atom. The molecule has 0 N–H and O–H groups in total. The van der Waals surface area contributed by atoms with E-state index in [9.17, 15) is 0 Å². The van der Waals surface area contributed by atoms with Crippen LogP contribution < -0.4 is 0 Å². The first-order valence-electron chi connectivity index (χ1n) is 5.75. The Morgan fingerprint density at radius 2 is 1.93 bits per heavy atom. The van der Waals surface area contributed by atoms with Gasteiger partial charge in [0, 0.05) is 12.5 Å². The number of hydrogen-bond acceptors (Lipinski definition) is 2. The maximum absolute atomic E-state index is 5.99. The quantitative estimate of drug-likeness (QED) is 0.698. The minimum atomic E-state index is 0.385. The Kier molecular flexibility index (Phi) is 5.09. The Hall–Kier alpha value is -0.570. The van der Waals surface area contributed by atoms with Gasteiger partial charge in [-0.25, -0.2) is 0 Å². The van der Waals surface area contributed by atoms with Gasteiger partial charge < -0.3 is 4.57 Å². The second kappa shape index (κ2) is 6.11. The van der Waals surface area contributed by atoms with Crippen LogP contribution in [0.2, 0.25) is 5.28 Å². The van der Waals surface area contributed by atoms with E-state index in [0.29, 0.717) is 11.2 Å². The minimum Gasteiger partial charge on any atom is -0.302 e. The highest BCUT2D eigenvalue weighted by molar-refractivity contribution is 6.28. The zero-order chi connectivity index (χ0) is 11.3. The molecule has 0 atom stereocenters. The summed E-state index contributed by atoms with van der Waals surface area (Å²) < 4.78 is 2.03. The molecule has 0 radical (unpaired) electrons. The van der Waals surface area contributed by atoms with Crippen LogP contribution in [0, 0.1) is 0 Å². The average molecular weight is 230 g/mol. The third-order valence-corrected chi connectivity index (χ3v) is 2.77. The van der Waals surface area contributed by atoms with Crippen molar-refractivity contribution < 1.29 is 0 Å². The molecule has 1 heterocycles. The third-order valence-electron chi connectivity index (χ3n) is 2.49. The van der Waals surface area contributed by atoms with E-state index in [4.69, 9.17) is 11.6 Å². The number of halogens is 1. The van der Waals surface area contributed by atoms with Gasteiger partial charge in [-0.2, -0.15) is 0 Å². The molecule has 86 valence electrons. The molecule has 0 fully saturated rings. The summed E-state index contributed by atoms with van der Waals surface area (Å²) in [5, 5.41) is 8.53. The Bertz CT molecular complexity index is 294. The first-order valence-corrected chi connectivity index (χ1v) is 6.13. The number of hydrogen-bond donors (Lipinski definition) is 0. The number of unbranched alkanes of at least 4 members (excludes halogenated alkanes) is 3. The summed E-state index contributed by atoms with van der Waals surface area (Å²) in [7, 11) is 0. The number of aromatic nitrogens is 3. The van der Waals surface area contributed by atoms with Gasteiger partial charge in [0.1, 0.15) is 5.82 Å². The van der Waals surface area contributed by atoms with Crippen molar-refractivity contribution in [3.05, 3.63) is 11.1 Å². The van der Waals surface area contributed by atoms with Gasteiger partial charge in [-0.1, -0.05) is 40.0 Å². The molecule has 0 aliphatic heterocycles. The van der Waals surface area contributed by atoms with Crippen LogP contribution in [-0.2, 0) is 6.54 Å². The topological polar surface area (TPSA) is 30.7 Å². The molecule has 1 aromatic heterocycles. The lowest BCUT2D eigenvalue weighted by molar-refractivity contribution is 0.553. The monoisotopic (exact) mass is 229 g/mol. The predicted octanol–water partition coefficient (Wildman–Crippen LogP) is 3.64. The van der Waals surface area contributed by atoms with Crippen LogP contribution in [0.3, 0.4) is 0 Å². The second-order valence-electron chi connectivity index (χ2n) is 4.19. The molecule has 0 spiro atoms. The van der Waals surface area contributed by atoms with Crippen LogP contribution >= 0.6 is 11.6 Å². The lowest BCUT2D eigenvalue weighted by Gasteiger charge is -2.09. The fourth-order valence-corrected chi connectivity index (χ4v) is 1.83. The van der Waals surface area contributed by atoms with Crippen molar-refractivity contribution in [2.45, 2.75) is 58.9 Å². The molecule has 0 bridgehead atoms. The summed E-state index contributed by atoms with van der Waals surface area (Å²) in [6, 6.07) is 0. The van der Waals surface area contributed by atoms with Crippen LogP contribution in [0.1, 0.15) is 58.2 Å². The molecule has 15 heavy (non-hydrogen) atoms. The van der Waals surface area contributed by atoms with Crippen LogP contribution in [0.4, 0.5) is 0 Å². The predicted molar refractivity (Wildman–Crippen MR) is 63.3 cm³/mol. The summed E-state index contributed by atoms with van der Waals surface area (Å²) in [6.45, 7) is 7.39. The van der Waals surface area contributed by atoms with E-state index < -0.39 is 0 Å². The van der Waals surface area contributed by atoms with Gasteiger partial charge in [0.15, 0.2) is 0 Å². The van der Waals surface area contributed by atoms with Crippen LogP contribution in [-0.4, -0.2) is 14.8 Å². The number of rotatable bonds is 6. The highest BCUT2D eigenvalue weighted by Gasteiger charge is 2.12. The van der Waals surface area contributed by atoms with Gasteiger partial charge in [-0.15, -0.1) is 10.2 Å². The summed E-state index contributed by atoms with van der Waals surface area (Å²) in [6.07, 6.45) is 4.96. The Balaban J connectivity index is 2.54. The largest absolute Gasteiger partial charge is 0.302 e. The molecule has 0 unspecified atom stereocenters. The van der Waals surface area contributed by atoms with Gasteiger partial charge in [-0.3, -0.25) is 0 Å². The molecular weight excluding hydrogens is 210 g/mol. The lowest BCUT2D eigenvalue weighted by Crippen LogP contribution is -2.05. The summed E-state index contributed by atoms with van der Waals surface area (Å²) >= 11 is 5.99. The summed E-state index contributed by atoms with van der Waals surface area (Å²) in [5.74, 6) is 1.38. The fourth-order valence-electron chi connectivity index (χ4n) is 1.63. The molecule has 3 nitrogen and oxygen atoms in total. The first kappa shape index (κ1) is 12.5. The van der Waals surface area contributed by atoms with E-state index in [2.05, 4.69) is 31.0 Å². The van der Waals surface area contributed by atoms with Gasteiger partial charge >= 0.3 is 0 Å². The van der Waals surface area contributed by atoms with Gasteiger partial charge in [-0.05, 0) is 18.0 Å². The Morgan fingerprint density at radius 3 is 2.53 bits per heavy atom. The van der Waals surface area contributed by atoms with Crippen LogP contribution in [0.25, 0.3) is 0 Å². The van der Waals surface area contributed by atoms with E-state index in [1.165, 1.54) is 19.3 Å². The molecular formula is C11H20ClN3. The smallest absolute Gasteiger partial charge is 0.225 e. The van der Waals surface area contributed by atoms with E-state index in [1.54, 1.807) is 0 Å². The molecule has 0 saturated carbocycles. The molecule has 1 aromatic rings. The van der Waals surface area contributed by atoms with E-state index in [-0.39, 0.29) is 0 Å². The standard InChI is InChI=1S/C11H20ClN3/c1-4-5-6-7-8-15-10(9(2)3)13-14-11(15)12/h9H,4-8H2,1-3H3. The van der Waals surface area contributed by atoms with E-state index in [0.717, 1.165) is 18.8 Å². The SMILES string of the molecule is CCCCCCn1c(Cl)nnc1C(C)C. The van der Waals surface area contributed by atoms with E-state index >= 15 is 0 Å². The lowest BCUT2D eigenvalue weighted by atomic mass is 10.2. The van der Waals surface area contributed by atoms with Gasteiger partial charge in [0.25, 0.3) is 0 Å².